The number of allylic oxidation sites excluding steroid dienone is 1. The first-order valence-corrected chi connectivity index (χ1v) is 10.9. The number of aromatic amines is 1. The molecular weight excluding hydrogens is 470 g/mol. The molecule has 5 nitrogen and oxygen atoms in total. The minimum Gasteiger partial charge on any atom is -0.486 e. The average Bonchev–Trinajstić information content (AvgIpc) is 2.82. The Balaban J connectivity index is 1.62. The molecule has 4 aromatic rings. The van der Waals surface area contributed by atoms with Crippen molar-refractivity contribution < 1.29 is 14.3 Å². The lowest BCUT2D eigenvalue weighted by molar-refractivity contribution is 0.104. The Kier molecular flexibility index (Phi) is 5.37. The van der Waals surface area contributed by atoms with Crippen molar-refractivity contribution in [2.45, 2.75) is 0 Å². The van der Waals surface area contributed by atoms with E-state index in [2.05, 4.69) is 20.9 Å². The SMILES string of the molecule is O=C(/C=C/c1ccc2c(c1)OCCO2)c1c(-c2ccccc2)c2cc(Br)ccc2[nH]c1=O. The first-order valence-electron chi connectivity index (χ1n) is 10.1. The summed E-state index contributed by atoms with van der Waals surface area (Å²) < 4.78 is 12.0. The number of benzene rings is 3. The van der Waals surface area contributed by atoms with Crippen LogP contribution in [0.2, 0.25) is 0 Å². The third-order valence-corrected chi connectivity index (χ3v) is 5.77. The number of H-pyrrole nitrogens is 1. The molecular formula is C26H18BrNO4. The van der Waals surface area contributed by atoms with Crippen molar-refractivity contribution in [3.63, 3.8) is 0 Å². The summed E-state index contributed by atoms with van der Waals surface area (Å²) in [7, 11) is 0. The predicted octanol–water partition coefficient (Wildman–Crippen LogP) is 5.62. The van der Waals surface area contributed by atoms with Crippen LogP contribution in [0.15, 0.2) is 82.1 Å². The molecule has 1 N–H and O–H groups in total. The zero-order valence-corrected chi connectivity index (χ0v) is 18.5. The second-order valence-corrected chi connectivity index (χ2v) is 8.28. The van der Waals surface area contributed by atoms with Gasteiger partial charge in [0.1, 0.15) is 13.2 Å². The Morgan fingerprint density at radius 2 is 1.72 bits per heavy atom. The van der Waals surface area contributed by atoms with Gasteiger partial charge in [-0.3, -0.25) is 9.59 Å². The van der Waals surface area contributed by atoms with E-state index < -0.39 is 5.56 Å². The lowest BCUT2D eigenvalue weighted by atomic mass is 9.94. The van der Waals surface area contributed by atoms with Crippen molar-refractivity contribution in [1.29, 1.82) is 0 Å². The quantitative estimate of drug-likeness (QED) is 0.299. The number of pyridine rings is 1. The van der Waals surface area contributed by atoms with Crippen LogP contribution in [0.3, 0.4) is 0 Å². The van der Waals surface area contributed by atoms with Gasteiger partial charge >= 0.3 is 0 Å². The molecule has 0 unspecified atom stereocenters. The molecule has 5 rings (SSSR count). The van der Waals surface area contributed by atoms with Gasteiger partial charge in [0.15, 0.2) is 17.3 Å². The highest BCUT2D eigenvalue weighted by Crippen LogP contribution is 2.33. The Morgan fingerprint density at radius 3 is 2.53 bits per heavy atom. The van der Waals surface area contributed by atoms with Crippen LogP contribution in [0.4, 0.5) is 0 Å². The van der Waals surface area contributed by atoms with Crippen LogP contribution in [0, 0.1) is 0 Å². The third kappa shape index (κ3) is 3.85. The first kappa shape index (κ1) is 20.3. The van der Waals surface area contributed by atoms with Gasteiger partial charge in [0.05, 0.1) is 5.56 Å². The van der Waals surface area contributed by atoms with Gasteiger partial charge in [-0.25, -0.2) is 0 Å². The maximum atomic E-state index is 13.3. The second kappa shape index (κ2) is 8.48. The molecule has 0 saturated carbocycles. The van der Waals surface area contributed by atoms with Gasteiger partial charge in [-0.05, 0) is 47.5 Å². The van der Waals surface area contributed by atoms with Crippen LogP contribution in [0.25, 0.3) is 28.1 Å². The zero-order valence-electron chi connectivity index (χ0n) is 16.9. The van der Waals surface area contributed by atoms with E-state index in [1.807, 2.05) is 66.7 Å². The van der Waals surface area contributed by atoms with E-state index in [0.29, 0.717) is 35.8 Å². The standard InChI is InChI=1S/C26H18BrNO4/c27-18-8-9-20-19(15-18)24(17-4-2-1-3-5-17)25(26(30)28-20)21(29)10-6-16-7-11-22-23(14-16)32-13-12-31-22/h1-11,14-15H,12-13H2,(H,28,30)/b10-6+. The topological polar surface area (TPSA) is 68.4 Å². The predicted molar refractivity (Wildman–Crippen MR) is 129 cm³/mol. The van der Waals surface area contributed by atoms with Gasteiger partial charge in [0, 0.05) is 20.9 Å². The van der Waals surface area contributed by atoms with Crippen molar-refractivity contribution in [2.24, 2.45) is 0 Å². The fraction of sp³-hybridized carbons (Fsp3) is 0.0769. The maximum Gasteiger partial charge on any atom is 0.260 e. The molecule has 1 aliphatic rings. The number of hydrogen-bond donors (Lipinski definition) is 1. The average molecular weight is 488 g/mol. The minimum atomic E-state index is -0.421. The lowest BCUT2D eigenvalue weighted by Crippen LogP contribution is -2.18. The van der Waals surface area contributed by atoms with Crippen LogP contribution in [-0.4, -0.2) is 24.0 Å². The van der Waals surface area contributed by atoms with E-state index in [4.69, 9.17) is 9.47 Å². The van der Waals surface area contributed by atoms with E-state index in [1.54, 1.807) is 6.08 Å². The number of nitrogens with one attached hydrogen (secondary N) is 1. The van der Waals surface area contributed by atoms with Crippen LogP contribution in [-0.2, 0) is 0 Å². The van der Waals surface area contributed by atoms with E-state index in [-0.39, 0.29) is 11.3 Å². The van der Waals surface area contributed by atoms with Crippen molar-refractivity contribution in [3.05, 3.63) is 98.8 Å². The van der Waals surface area contributed by atoms with Crippen molar-refractivity contribution in [3.8, 4) is 22.6 Å². The number of ketones is 1. The van der Waals surface area contributed by atoms with Crippen LogP contribution in [0.1, 0.15) is 15.9 Å². The van der Waals surface area contributed by atoms with Gasteiger partial charge < -0.3 is 14.5 Å². The second-order valence-electron chi connectivity index (χ2n) is 7.36. The molecule has 32 heavy (non-hydrogen) atoms. The van der Waals surface area contributed by atoms with Crippen LogP contribution >= 0.6 is 15.9 Å². The smallest absolute Gasteiger partial charge is 0.260 e. The highest BCUT2D eigenvalue weighted by Gasteiger charge is 2.19. The summed E-state index contributed by atoms with van der Waals surface area (Å²) in [4.78, 5) is 29.1. The Morgan fingerprint density at radius 1 is 0.938 bits per heavy atom. The molecule has 0 atom stereocenters. The molecule has 0 spiro atoms. The van der Waals surface area contributed by atoms with Gasteiger partial charge in [-0.15, -0.1) is 0 Å². The zero-order chi connectivity index (χ0) is 22.1. The summed E-state index contributed by atoms with van der Waals surface area (Å²) >= 11 is 3.50. The Hall–Kier alpha value is -3.64. The number of ether oxygens (including phenoxy) is 2. The Labute approximate surface area is 192 Å². The summed E-state index contributed by atoms with van der Waals surface area (Å²) in [6.07, 6.45) is 3.10. The molecule has 6 heteroatoms. The number of hydrogen-bond acceptors (Lipinski definition) is 4. The van der Waals surface area contributed by atoms with E-state index >= 15 is 0 Å². The molecule has 3 aromatic carbocycles. The lowest BCUT2D eigenvalue weighted by Gasteiger charge is -2.18. The monoisotopic (exact) mass is 487 g/mol. The first-order chi connectivity index (χ1) is 15.6. The largest absolute Gasteiger partial charge is 0.486 e. The summed E-state index contributed by atoms with van der Waals surface area (Å²) in [5.41, 5.74) is 2.56. The summed E-state index contributed by atoms with van der Waals surface area (Å²) in [6, 6.07) is 20.5. The number of carbonyl (C=O) groups excluding carboxylic acids is 1. The fourth-order valence-electron chi connectivity index (χ4n) is 3.82. The number of fused-ring (bicyclic) bond motifs is 2. The molecule has 158 valence electrons. The van der Waals surface area contributed by atoms with Gasteiger partial charge in [0.2, 0.25) is 0 Å². The maximum absolute atomic E-state index is 13.3. The molecule has 1 aliphatic heterocycles. The number of rotatable bonds is 4. The van der Waals surface area contributed by atoms with Crippen molar-refractivity contribution in [2.75, 3.05) is 13.2 Å². The molecule has 1 aromatic heterocycles. The van der Waals surface area contributed by atoms with Crippen LogP contribution in [0.5, 0.6) is 11.5 Å². The van der Waals surface area contributed by atoms with Gasteiger partial charge in [0.25, 0.3) is 5.56 Å². The fourth-order valence-corrected chi connectivity index (χ4v) is 4.19. The summed E-state index contributed by atoms with van der Waals surface area (Å²) in [5.74, 6) is 0.953. The third-order valence-electron chi connectivity index (χ3n) is 5.28. The van der Waals surface area contributed by atoms with Crippen molar-refractivity contribution >= 4 is 38.7 Å². The summed E-state index contributed by atoms with van der Waals surface area (Å²) in [6.45, 7) is 1.01. The van der Waals surface area contributed by atoms with E-state index in [0.717, 1.165) is 21.0 Å². The van der Waals surface area contributed by atoms with Crippen LogP contribution < -0.4 is 15.0 Å². The normalized spacial score (nSPS) is 12.9. The molecule has 0 fully saturated rings. The molecule has 2 heterocycles. The molecule has 0 aliphatic carbocycles. The van der Waals surface area contributed by atoms with E-state index in [1.165, 1.54) is 6.08 Å². The van der Waals surface area contributed by atoms with Crippen molar-refractivity contribution in [1.82, 2.24) is 4.98 Å². The van der Waals surface area contributed by atoms with Gasteiger partial charge in [-0.1, -0.05) is 58.4 Å². The number of halogens is 1. The van der Waals surface area contributed by atoms with Gasteiger partial charge in [-0.2, -0.15) is 0 Å². The molecule has 0 saturated heterocycles. The minimum absolute atomic E-state index is 0.107. The number of aromatic nitrogens is 1. The highest BCUT2D eigenvalue weighted by molar-refractivity contribution is 9.10. The Bertz CT molecular complexity index is 1420. The highest BCUT2D eigenvalue weighted by atomic mass is 79.9. The number of carbonyl (C=O) groups is 1. The summed E-state index contributed by atoms with van der Waals surface area (Å²) in [5, 5.41) is 0.793. The molecule has 0 bridgehead atoms. The van der Waals surface area contributed by atoms with E-state index in [9.17, 15) is 9.59 Å². The molecule has 0 radical (unpaired) electrons. The molecule has 0 amide bonds.